The third-order valence-corrected chi connectivity index (χ3v) is 4.71. The van der Waals surface area contributed by atoms with Crippen LogP contribution >= 0.6 is 0 Å². The maximum atomic E-state index is 11.9. The molecule has 1 aromatic rings. The van der Waals surface area contributed by atoms with E-state index in [4.69, 9.17) is 4.74 Å². The summed E-state index contributed by atoms with van der Waals surface area (Å²) in [5.41, 5.74) is 0.868. The number of carbonyl (C=O) groups excluding carboxylic acids is 1. The van der Waals surface area contributed by atoms with Gasteiger partial charge < -0.3 is 15.4 Å². The first-order valence-electron chi connectivity index (χ1n) is 10.3. The van der Waals surface area contributed by atoms with E-state index in [-0.39, 0.29) is 12.5 Å². The number of esters is 1. The minimum absolute atomic E-state index is 0.0228. The minimum Gasteiger partial charge on any atom is -0.459 e. The molecule has 0 aliphatic carbocycles. The molecule has 0 amide bonds. The van der Waals surface area contributed by atoms with E-state index in [2.05, 4.69) is 57.8 Å². The number of ether oxygens (including phenoxy) is 1. The fourth-order valence-electron chi connectivity index (χ4n) is 3.44. The van der Waals surface area contributed by atoms with E-state index in [1.807, 2.05) is 27.7 Å². The molecule has 2 N–H and O–H groups in total. The molecule has 0 radical (unpaired) electrons. The Labute approximate surface area is 169 Å². The molecule has 2 atom stereocenters. The fraction of sp³-hybridized carbons (Fsp3) is 0.636. The zero-order valence-corrected chi connectivity index (χ0v) is 18.0. The number of benzene rings is 1. The second-order valence-corrected chi connectivity index (χ2v) is 8.45. The highest BCUT2D eigenvalue weighted by Gasteiger charge is 2.26. The van der Waals surface area contributed by atoms with Gasteiger partial charge in [-0.1, -0.05) is 30.3 Å². The number of likely N-dealkylation sites (tertiary alicyclic amines) is 1. The van der Waals surface area contributed by atoms with Crippen LogP contribution in [0.3, 0.4) is 0 Å². The van der Waals surface area contributed by atoms with Crippen molar-refractivity contribution in [1.29, 1.82) is 0 Å². The van der Waals surface area contributed by atoms with Gasteiger partial charge >= 0.3 is 5.97 Å². The number of hydrogen-bond acceptors (Lipinski definition) is 4. The van der Waals surface area contributed by atoms with E-state index in [1.165, 1.54) is 5.56 Å². The van der Waals surface area contributed by atoms with Crippen LogP contribution in [0.15, 0.2) is 35.3 Å². The van der Waals surface area contributed by atoms with Crippen molar-refractivity contribution in [2.24, 2.45) is 4.99 Å². The fourth-order valence-corrected chi connectivity index (χ4v) is 3.44. The molecule has 0 aromatic heterocycles. The van der Waals surface area contributed by atoms with Gasteiger partial charge in [0.25, 0.3) is 0 Å². The average molecular weight is 389 g/mol. The standard InChI is InChI=1S/C22H36N4O2/c1-6-23-21(24-15-20(27)28-22(3,4)5)25-19-12-13-26(17(2)14-19)16-18-10-8-7-9-11-18/h7-11,17,19H,6,12-16H2,1-5H3,(H2,23,24,25). The Morgan fingerprint density at radius 2 is 2.00 bits per heavy atom. The monoisotopic (exact) mass is 388 g/mol. The maximum Gasteiger partial charge on any atom is 0.328 e. The van der Waals surface area contributed by atoms with Crippen LogP contribution in [0.25, 0.3) is 0 Å². The molecular weight excluding hydrogens is 352 g/mol. The molecule has 1 aromatic carbocycles. The van der Waals surface area contributed by atoms with E-state index in [0.29, 0.717) is 18.0 Å². The highest BCUT2D eigenvalue weighted by Crippen LogP contribution is 2.20. The van der Waals surface area contributed by atoms with Crippen molar-refractivity contribution >= 4 is 11.9 Å². The summed E-state index contributed by atoms with van der Waals surface area (Å²) in [7, 11) is 0. The van der Waals surface area contributed by atoms with E-state index in [0.717, 1.165) is 32.5 Å². The Morgan fingerprint density at radius 3 is 2.61 bits per heavy atom. The molecule has 156 valence electrons. The summed E-state index contributed by atoms with van der Waals surface area (Å²) in [5.74, 6) is 0.373. The van der Waals surface area contributed by atoms with Crippen LogP contribution in [0, 0.1) is 0 Å². The first kappa shape index (κ1) is 22.2. The summed E-state index contributed by atoms with van der Waals surface area (Å²) >= 11 is 0. The van der Waals surface area contributed by atoms with Crippen molar-refractivity contribution < 1.29 is 9.53 Å². The Balaban J connectivity index is 1.86. The van der Waals surface area contributed by atoms with Crippen LogP contribution in [0.5, 0.6) is 0 Å². The second-order valence-electron chi connectivity index (χ2n) is 8.45. The van der Waals surface area contributed by atoms with Gasteiger partial charge in [-0.05, 0) is 53.0 Å². The van der Waals surface area contributed by atoms with Gasteiger partial charge in [0.2, 0.25) is 0 Å². The quantitative estimate of drug-likeness (QED) is 0.446. The van der Waals surface area contributed by atoms with Crippen LogP contribution in [0.1, 0.15) is 53.0 Å². The SMILES string of the molecule is CCNC(=NCC(=O)OC(C)(C)C)NC1CCN(Cc2ccccc2)C(C)C1. The molecule has 6 nitrogen and oxygen atoms in total. The Bertz CT molecular complexity index is 640. The van der Waals surface area contributed by atoms with E-state index in [1.54, 1.807) is 0 Å². The lowest BCUT2D eigenvalue weighted by Gasteiger charge is -2.38. The first-order chi connectivity index (χ1) is 13.3. The van der Waals surface area contributed by atoms with E-state index in [9.17, 15) is 4.79 Å². The first-order valence-corrected chi connectivity index (χ1v) is 10.3. The van der Waals surface area contributed by atoms with Crippen LogP contribution in [0.4, 0.5) is 0 Å². The summed E-state index contributed by atoms with van der Waals surface area (Å²) in [5, 5.41) is 6.73. The van der Waals surface area contributed by atoms with Crippen molar-refractivity contribution in [1.82, 2.24) is 15.5 Å². The van der Waals surface area contributed by atoms with Gasteiger partial charge in [-0.25, -0.2) is 4.99 Å². The van der Waals surface area contributed by atoms with Gasteiger partial charge in [-0.3, -0.25) is 9.69 Å². The largest absolute Gasteiger partial charge is 0.459 e. The summed E-state index contributed by atoms with van der Waals surface area (Å²) in [6, 6.07) is 11.4. The van der Waals surface area contributed by atoms with Gasteiger partial charge in [0.15, 0.2) is 5.96 Å². The summed E-state index contributed by atoms with van der Waals surface area (Å²) in [4.78, 5) is 18.9. The third kappa shape index (κ3) is 7.89. The van der Waals surface area contributed by atoms with Crippen molar-refractivity contribution in [3.63, 3.8) is 0 Å². The van der Waals surface area contributed by atoms with Gasteiger partial charge in [0.05, 0.1) is 0 Å². The predicted octanol–water partition coefficient (Wildman–Crippen LogP) is 2.94. The summed E-state index contributed by atoms with van der Waals surface area (Å²) in [6.07, 6.45) is 2.09. The summed E-state index contributed by atoms with van der Waals surface area (Å²) in [6.45, 7) is 12.7. The molecule has 0 spiro atoms. The number of nitrogens with zero attached hydrogens (tertiary/aromatic N) is 2. The van der Waals surface area contributed by atoms with Gasteiger partial charge in [0.1, 0.15) is 12.1 Å². The minimum atomic E-state index is -0.487. The molecule has 0 saturated carbocycles. The van der Waals surface area contributed by atoms with Crippen LogP contribution in [0.2, 0.25) is 0 Å². The number of hydrogen-bond donors (Lipinski definition) is 2. The van der Waals surface area contributed by atoms with Crippen molar-refractivity contribution in [3.8, 4) is 0 Å². The molecule has 6 heteroatoms. The molecule has 1 heterocycles. The van der Waals surface area contributed by atoms with Gasteiger partial charge in [-0.2, -0.15) is 0 Å². The molecule has 1 fully saturated rings. The lowest BCUT2D eigenvalue weighted by atomic mass is 9.97. The normalized spacial score (nSPS) is 21.2. The van der Waals surface area contributed by atoms with E-state index < -0.39 is 5.60 Å². The van der Waals surface area contributed by atoms with Crippen LogP contribution in [-0.4, -0.2) is 54.1 Å². The molecule has 1 aliphatic rings. The van der Waals surface area contributed by atoms with Crippen molar-refractivity contribution in [2.45, 2.75) is 71.7 Å². The molecule has 1 saturated heterocycles. The molecular formula is C22H36N4O2. The number of piperidine rings is 1. The Morgan fingerprint density at radius 1 is 1.29 bits per heavy atom. The molecule has 1 aliphatic heterocycles. The average Bonchev–Trinajstić information content (AvgIpc) is 2.62. The third-order valence-electron chi connectivity index (χ3n) is 4.71. The second kappa shape index (κ2) is 10.5. The topological polar surface area (TPSA) is 66.0 Å². The predicted molar refractivity (Wildman–Crippen MR) is 114 cm³/mol. The van der Waals surface area contributed by atoms with Gasteiger partial charge in [0, 0.05) is 31.7 Å². The molecule has 28 heavy (non-hydrogen) atoms. The summed E-state index contributed by atoms with van der Waals surface area (Å²) < 4.78 is 5.34. The van der Waals surface area contributed by atoms with Crippen molar-refractivity contribution in [2.75, 3.05) is 19.6 Å². The lowest BCUT2D eigenvalue weighted by molar-refractivity contribution is -0.152. The highest BCUT2D eigenvalue weighted by molar-refractivity contribution is 5.83. The van der Waals surface area contributed by atoms with Crippen LogP contribution in [-0.2, 0) is 16.1 Å². The Hall–Kier alpha value is -2.08. The van der Waals surface area contributed by atoms with Gasteiger partial charge in [-0.15, -0.1) is 0 Å². The molecule has 2 unspecified atom stereocenters. The lowest BCUT2D eigenvalue weighted by Crippen LogP contribution is -2.51. The zero-order valence-electron chi connectivity index (χ0n) is 18.0. The Kier molecular flexibility index (Phi) is 8.30. The number of carbonyl (C=O) groups is 1. The number of aliphatic imine (C=N–C) groups is 1. The molecule has 2 rings (SSSR count). The van der Waals surface area contributed by atoms with Crippen LogP contribution < -0.4 is 10.6 Å². The smallest absolute Gasteiger partial charge is 0.328 e. The number of nitrogens with one attached hydrogen (secondary N) is 2. The van der Waals surface area contributed by atoms with Crippen molar-refractivity contribution in [3.05, 3.63) is 35.9 Å². The highest BCUT2D eigenvalue weighted by atomic mass is 16.6. The molecule has 0 bridgehead atoms. The van der Waals surface area contributed by atoms with E-state index >= 15 is 0 Å². The zero-order chi connectivity index (χ0) is 20.6. The maximum absolute atomic E-state index is 11.9. The number of rotatable bonds is 6. The number of guanidine groups is 1.